The maximum Gasteiger partial charge on any atom is 0.324 e. The van der Waals surface area contributed by atoms with Crippen molar-refractivity contribution in [1.82, 2.24) is 19.9 Å². The van der Waals surface area contributed by atoms with E-state index < -0.39 is 0 Å². The van der Waals surface area contributed by atoms with Gasteiger partial charge in [0.15, 0.2) is 0 Å². The van der Waals surface area contributed by atoms with Crippen LogP contribution >= 0.6 is 0 Å². The van der Waals surface area contributed by atoms with Gasteiger partial charge >= 0.3 is 6.03 Å². The standard InChI is InChI=1S/C28H33N9O2/c1-19-20(2)30-23-7-6-21(17-22(19)23)31-28(38)33-24-18-26(34-27(32-24)37-13-15-39-16-14-37)36-11-9-35(10-12-36)25-5-3-4-8-29-25/h3-8,17-18,30H,9-16H2,1-2H3,(H2,31,32,33,34,38). The minimum atomic E-state index is -0.350. The number of benzene rings is 1. The minimum absolute atomic E-state index is 0.350. The van der Waals surface area contributed by atoms with Gasteiger partial charge in [-0.05, 0) is 49.7 Å². The van der Waals surface area contributed by atoms with Gasteiger partial charge in [0.2, 0.25) is 5.95 Å². The van der Waals surface area contributed by atoms with Crippen molar-refractivity contribution < 1.29 is 9.53 Å². The lowest BCUT2D eigenvalue weighted by Crippen LogP contribution is -2.47. The number of pyridine rings is 1. The molecule has 3 aromatic heterocycles. The molecule has 11 heteroatoms. The van der Waals surface area contributed by atoms with E-state index in [0.29, 0.717) is 38.1 Å². The highest BCUT2D eigenvalue weighted by molar-refractivity contribution is 6.01. The monoisotopic (exact) mass is 527 g/mol. The third kappa shape index (κ3) is 5.44. The molecule has 1 aromatic carbocycles. The second-order valence-corrected chi connectivity index (χ2v) is 9.89. The molecule has 2 amide bonds. The molecule has 0 aliphatic carbocycles. The zero-order chi connectivity index (χ0) is 26.8. The highest BCUT2D eigenvalue weighted by Gasteiger charge is 2.23. The third-order valence-corrected chi connectivity index (χ3v) is 7.38. The molecule has 2 fully saturated rings. The van der Waals surface area contributed by atoms with E-state index in [-0.39, 0.29) is 6.03 Å². The number of amides is 2. The predicted octanol–water partition coefficient (Wildman–Crippen LogP) is 3.78. The largest absolute Gasteiger partial charge is 0.378 e. The van der Waals surface area contributed by atoms with Crippen LogP contribution in [0, 0.1) is 13.8 Å². The maximum absolute atomic E-state index is 13.0. The van der Waals surface area contributed by atoms with Crippen molar-refractivity contribution in [2.24, 2.45) is 0 Å². The van der Waals surface area contributed by atoms with Crippen LogP contribution in [0.2, 0.25) is 0 Å². The first kappa shape index (κ1) is 24.9. The zero-order valence-corrected chi connectivity index (χ0v) is 22.3. The third-order valence-electron chi connectivity index (χ3n) is 7.38. The first-order chi connectivity index (χ1) is 19.0. The number of H-pyrrole nitrogens is 1. The second-order valence-electron chi connectivity index (χ2n) is 9.89. The number of rotatable bonds is 5. The molecule has 39 heavy (non-hydrogen) atoms. The lowest BCUT2D eigenvalue weighted by molar-refractivity contribution is 0.122. The number of ether oxygens (including phenoxy) is 1. The van der Waals surface area contributed by atoms with E-state index in [1.807, 2.05) is 55.6 Å². The number of anilines is 5. The van der Waals surface area contributed by atoms with Gasteiger partial charge < -0.3 is 29.7 Å². The number of morpholine rings is 1. The second kappa shape index (κ2) is 10.8. The Hall–Kier alpha value is -4.38. The van der Waals surface area contributed by atoms with E-state index in [4.69, 9.17) is 14.7 Å². The molecule has 0 spiro atoms. The fraction of sp³-hybridized carbons (Fsp3) is 0.357. The number of hydrogen-bond acceptors (Lipinski definition) is 8. The van der Waals surface area contributed by atoms with Crippen molar-refractivity contribution in [2.75, 3.05) is 77.8 Å². The minimum Gasteiger partial charge on any atom is -0.378 e. The van der Waals surface area contributed by atoms with Crippen molar-refractivity contribution in [3.63, 3.8) is 0 Å². The fourth-order valence-corrected chi connectivity index (χ4v) is 5.08. The van der Waals surface area contributed by atoms with Gasteiger partial charge in [-0.1, -0.05) is 6.07 Å². The van der Waals surface area contributed by atoms with Gasteiger partial charge in [-0.3, -0.25) is 5.32 Å². The molecular formula is C28H33N9O2. The number of aromatic nitrogens is 4. The summed E-state index contributed by atoms with van der Waals surface area (Å²) in [6, 6.07) is 13.3. The number of aryl methyl sites for hydroxylation is 2. The SMILES string of the molecule is Cc1[nH]c2ccc(NC(=O)Nc3cc(N4CCN(c5ccccn5)CC4)nc(N4CCOCC4)n3)cc2c1C. The fourth-order valence-electron chi connectivity index (χ4n) is 5.08. The summed E-state index contributed by atoms with van der Waals surface area (Å²) in [6.07, 6.45) is 1.82. The Bertz CT molecular complexity index is 1460. The predicted molar refractivity (Wildman–Crippen MR) is 154 cm³/mol. The Kier molecular flexibility index (Phi) is 6.89. The Labute approximate surface area is 227 Å². The Morgan fingerprint density at radius 1 is 0.872 bits per heavy atom. The molecule has 0 bridgehead atoms. The lowest BCUT2D eigenvalue weighted by atomic mass is 10.1. The summed E-state index contributed by atoms with van der Waals surface area (Å²) in [4.78, 5) is 37.1. The van der Waals surface area contributed by atoms with Gasteiger partial charge in [-0.15, -0.1) is 0 Å². The number of nitrogens with zero attached hydrogens (tertiary/aromatic N) is 6. The molecule has 2 aliphatic rings. The van der Waals surface area contributed by atoms with E-state index in [1.54, 1.807) is 0 Å². The normalized spacial score (nSPS) is 16.0. The molecule has 0 saturated carbocycles. The summed E-state index contributed by atoms with van der Waals surface area (Å²) >= 11 is 0. The van der Waals surface area contributed by atoms with Crippen molar-refractivity contribution >= 4 is 46.0 Å². The van der Waals surface area contributed by atoms with E-state index in [9.17, 15) is 4.79 Å². The van der Waals surface area contributed by atoms with Gasteiger partial charge in [0.05, 0.1) is 13.2 Å². The molecule has 5 heterocycles. The van der Waals surface area contributed by atoms with Crippen LogP contribution in [0.3, 0.4) is 0 Å². The van der Waals surface area contributed by atoms with Gasteiger partial charge in [0.1, 0.15) is 17.5 Å². The van der Waals surface area contributed by atoms with Crippen LogP contribution < -0.4 is 25.3 Å². The van der Waals surface area contributed by atoms with E-state index >= 15 is 0 Å². The summed E-state index contributed by atoms with van der Waals surface area (Å²) in [5.41, 5.74) is 4.06. The number of aromatic amines is 1. The summed E-state index contributed by atoms with van der Waals surface area (Å²) in [7, 11) is 0. The molecular weight excluding hydrogens is 494 g/mol. The Morgan fingerprint density at radius 2 is 1.64 bits per heavy atom. The van der Waals surface area contributed by atoms with Gasteiger partial charge in [0, 0.05) is 73.8 Å². The highest BCUT2D eigenvalue weighted by atomic mass is 16.5. The molecule has 3 N–H and O–H groups in total. The number of urea groups is 1. The average molecular weight is 528 g/mol. The molecule has 0 radical (unpaired) electrons. The molecule has 0 unspecified atom stereocenters. The van der Waals surface area contributed by atoms with Crippen LogP contribution in [0.4, 0.5) is 33.9 Å². The summed E-state index contributed by atoms with van der Waals surface area (Å²) < 4.78 is 5.52. The number of nitrogens with one attached hydrogen (secondary N) is 3. The highest BCUT2D eigenvalue weighted by Crippen LogP contribution is 2.26. The van der Waals surface area contributed by atoms with Crippen molar-refractivity contribution in [3.8, 4) is 0 Å². The Morgan fingerprint density at radius 3 is 2.38 bits per heavy atom. The van der Waals surface area contributed by atoms with Crippen LogP contribution in [0.25, 0.3) is 10.9 Å². The van der Waals surface area contributed by atoms with E-state index in [2.05, 4.69) is 42.2 Å². The molecule has 2 saturated heterocycles. The smallest absolute Gasteiger partial charge is 0.324 e. The lowest BCUT2D eigenvalue weighted by Gasteiger charge is -2.36. The molecule has 2 aliphatic heterocycles. The number of piperazine rings is 1. The zero-order valence-electron chi connectivity index (χ0n) is 22.3. The number of hydrogen-bond donors (Lipinski definition) is 3. The van der Waals surface area contributed by atoms with Crippen LogP contribution in [-0.2, 0) is 4.74 Å². The van der Waals surface area contributed by atoms with Crippen LogP contribution in [-0.4, -0.2) is 78.4 Å². The Balaban J connectivity index is 1.20. The number of carbonyl (C=O) groups is 1. The van der Waals surface area contributed by atoms with E-state index in [0.717, 1.165) is 60.1 Å². The van der Waals surface area contributed by atoms with Gasteiger partial charge in [0.25, 0.3) is 0 Å². The van der Waals surface area contributed by atoms with Crippen molar-refractivity contribution in [1.29, 1.82) is 0 Å². The van der Waals surface area contributed by atoms with Crippen LogP contribution in [0.1, 0.15) is 11.3 Å². The van der Waals surface area contributed by atoms with Gasteiger partial charge in [-0.2, -0.15) is 9.97 Å². The van der Waals surface area contributed by atoms with Crippen molar-refractivity contribution in [3.05, 3.63) is 59.9 Å². The molecule has 0 atom stereocenters. The molecule has 202 valence electrons. The molecule has 6 rings (SSSR count). The topological polar surface area (TPSA) is 115 Å². The van der Waals surface area contributed by atoms with Crippen LogP contribution in [0.15, 0.2) is 48.7 Å². The summed E-state index contributed by atoms with van der Waals surface area (Å²) in [6.45, 7) is 10.0. The summed E-state index contributed by atoms with van der Waals surface area (Å²) in [5, 5.41) is 6.99. The first-order valence-corrected chi connectivity index (χ1v) is 13.3. The molecule has 4 aromatic rings. The summed E-state index contributed by atoms with van der Waals surface area (Å²) in [5.74, 6) is 2.83. The quantitative estimate of drug-likeness (QED) is 0.359. The molecule has 11 nitrogen and oxygen atoms in total. The van der Waals surface area contributed by atoms with Crippen molar-refractivity contribution in [2.45, 2.75) is 13.8 Å². The maximum atomic E-state index is 13.0. The van der Waals surface area contributed by atoms with E-state index in [1.165, 1.54) is 5.56 Å². The first-order valence-electron chi connectivity index (χ1n) is 13.3. The number of fused-ring (bicyclic) bond motifs is 1. The number of carbonyl (C=O) groups excluding carboxylic acids is 1. The van der Waals surface area contributed by atoms with Crippen LogP contribution in [0.5, 0.6) is 0 Å². The average Bonchev–Trinajstić information content (AvgIpc) is 3.26. The van der Waals surface area contributed by atoms with Gasteiger partial charge in [-0.25, -0.2) is 9.78 Å².